The standard InChI is InChI=1S/C23H20ClN5OS/c1-16-5-4-7-20(13-16)29-22(17-8-10-18(24)11-9-17)27-28-23(29)31-15-21(30)26-14-19-6-2-3-12-25-19/h2-13H,14-15H2,1H3,(H,26,30). The van der Waals surface area contributed by atoms with Crippen molar-refractivity contribution in [3.63, 3.8) is 0 Å². The Bertz CT molecular complexity index is 1180. The lowest BCUT2D eigenvalue weighted by Crippen LogP contribution is -2.25. The Labute approximate surface area is 189 Å². The van der Waals surface area contributed by atoms with Crippen LogP contribution in [0.5, 0.6) is 0 Å². The topological polar surface area (TPSA) is 72.7 Å². The molecule has 1 amide bonds. The number of aryl methyl sites for hydroxylation is 1. The second-order valence-corrected chi connectivity index (χ2v) is 8.25. The molecule has 2 aromatic carbocycles. The third-order valence-corrected chi connectivity index (χ3v) is 5.70. The molecule has 31 heavy (non-hydrogen) atoms. The molecule has 4 rings (SSSR count). The molecule has 0 atom stereocenters. The highest BCUT2D eigenvalue weighted by atomic mass is 35.5. The SMILES string of the molecule is Cc1cccc(-n2c(SCC(=O)NCc3ccccn3)nnc2-c2ccc(Cl)cc2)c1. The van der Waals surface area contributed by atoms with E-state index < -0.39 is 0 Å². The van der Waals surface area contributed by atoms with Crippen LogP contribution in [0, 0.1) is 6.92 Å². The van der Waals surface area contributed by atoms with Crippen LogP contribution < -0.4 is 5.32 Å². The molecule has 0 bridgehead atoms. The van der Waals surface area contributed by atoms with Gasteiger partial charge in [-0.25, -0.2) is 0 Å². The summed E-state index contributed by atoms with van der Waals surface area (Å²) in [7, 11) is 0. The molecule has 0 fully saturated rings. The van der Waals surface area contributed by atoms with Gasteiger partial charge in [-0.2, -0.15) is 0 Å². The Kier molecular flexibility index (Phi) is 6.64. The van der Waals surface area contributed by atoms with Crippen LogP contribution in [0.15, 0.2) is 78.1 Å². The molecule has 2 aromatic heterocycles. The number of benzene rings is 2. The average molecular weight is 450 g/mol. The van der Waals surface area contributed by atoms with E-state index in [4.69, 9.17) is 11.6 Å². The van der Waals surface area contributed by atoms with Gasteiger partial charge in [0.2, 0.25) is 5.91 Å². The Morgan fingerprint density at radius 3 is 2.65 bits per heavy atom. The molecule has 0 unspecified atom stereocenters. The van der Waals surface area contributed by atoms with Gasteiger partial charge in [-0.05, 0) is 61.0 Å². The molecule has 4 aromatic rings. The predicted molar refractivity (Wildman–Crippen MR) is 123 cm³/mol. The molecule has 0 saturated carbocycles. The molecule has 0 aliphatic heterocycles. The fourth-order valence-corrected chi connectivity index (χ4v) is 3.93. The summed E-state index contributed by atoms with van der Waals surface area (Å²) in [6.45, 7) is 2.43. The molecular weight excluding hydrogens is 430 g/mol. The van der Waals surface area contributed by atoms with Crippen molar-refractivity contribution in [2.24, 2.45) is 0 Å². The molecule has 0 saturated heterocycles. The Balaban J connectivity index is 1.55. The highest BCUT2D eigenvalue weighted by molar-refractivity contribution is 7.99. The minimum Gasteiger partial charge on any atom is -0.350 e. The molecule has 2 heterocycles. The predicted octanol–water partition coefficient (Wildman–Crippen LogP) is 4.70. The van der Waals surface area contributed by atoms with E-state index in [1.165, 1.54) is 11.8 Å². The number of hydrogen-bond acceptors (Lipinski definition) is 5. The third kappa shape index (κ3) is 5.31. The van der Waals surface area contributed by atoms with E-state index in [2.05, 4.69) is 26.6 Å². The number of thioether (sulfide) groups is 1. The first-order valence-electron chi connectivity index (χ1n) is 9.68. The largest absolute Gasteiger partial charge is 0.350 e. The maximum Gasteiger partial charge on any atom is 0.230 e. The van der Waals surface area contributed by atoms with Gasteiger partial charge in [-0.15, -0.1) is 10.2 Å². The zero-order valence-corrected chi connectivity index (χ0v) is 18.4. The van der Waals surface area contributed by atoms with Gasteiger partial charge in [-0.1, -0.05) is 41.6 Å². The lowest BCUT2D eigenvalue weighted by atomic mass is 10.2. The summed E-state index contributed by atoms with van der Waals surface area (Å²) in [5.41, 5.74) is 3.77. The summed E-state index contributed by atoms with van der Waals surface area (Å²) >= 11 is 7.39. The lowest BCUT2D eigenvalue weighted by Gasteiger charge is -2.11. The van der Waals surface area contributed by atoms with Crippen LogP contribution in [-0.2, 0) is 11.3 Å². The normalized spacial score (nSPS) is 10.8. The summed E-state index contributed by atoms with van der Waals surface area (Å²) in [5, 5.41) is 12.9. The van der Waals surface area contributed by atoms with Crippen molar-refractivity contribution in [1.29, 1.82) is 0 Å². The first-order valence-corrected chi connectivity index (χ1v) is 11.0. The van der Waals surface area contributed by atoms with E-state index in [0.29, 0.717) is 22.5 Å². The molecule has 1 N–H and O–H groups in total. The quantitative estimate of drug-likeness (QED) is 0.414. The fraction of sp³-hybridized carbons (Fsp3) is 0.130. The number of pyridine rings is 1. The smallest absolute Gasteiger partial charge is 0.230 e. The van der Waals surface area contributed by atoms with Crippen molar-refractivity contribution in [3.05, 3.63) is 89.2 Å². The van der Waals surface area contributed by atoms with E-state index in [1.54, 1.807) is 6.20 Å². The number of carbonyl (C=O) groups excluding carboxylic acids is 1. The van der Waals surface area contributed by atoms with Gasteiger partial charge in [0, 0.05) is 22.5 Å². The van der Waals surface area contributed by atoms with E-state index in [9.17, 15) is 4.79 Å². The van der Waals surface area contributed by atoms with Crippen LogP contribution in [0.3, 0.4) is 0 Å². The zero-order chi connectivity index (χ0) is 21.6. The molecule has 8 heteroatoms. The van der Waals surface area contributed by atoms with Gasteiger partial charge in [-0.3, -0.25) is 14.3 Å². The Morgan fingerprint density at radius 2 is 1.90 bits per heavy atom. The summed E-state index contributed by atoms with van der Waals surface area (Å²) in [6, 6.07) is 21.2. The van der Waals surface area contributed by atoms with E-state index >= 15 is 0 Å². The van der Waals surface area contributed by atoms with Gasteiger partial charge in [0.25, 0.3) is 0 Å². The minimum absolute atomic E-state index is 0.0949. The zero-order valence-electron chi connectivity index (χ0n) is 16.8. The highest BCUT2D eigenvalue weighted by Crippen LogP contribution is 2.29. The van der Waals surface area contributed by atoms with Crippen molar-refractivity contribution in [2.45, 2.75) is 18.6 Å². The number of nitrogens with one attached hydrogen (secondary N) is 1. The fourth-order valence-electron chi connectivity index (χ4n) is 3.02. The summed E-state index contributed by atoms with van der Waals surface area (Å²) in [6.07, 6.45) is 1.71. The number of aromatic nitrogens is 4. The second-order valence-electron chi connectivity index (χ2n) is 6.87. The number of hydrogen-bond donors (Lipinski definition) is 1. The van der Waals surface area contributed by atoms with Crippen LogP contribution in [0.25, 0.3) is 17.1 Å². The van der Waals surface area contributed by atoms with Crippen LogP contribution in [0.2, 0.25) is 5.02 Å². The number of amides is 1. The Morgan fingerprint density at radius 1 is 1.06 bits per heavy atom. The van der Waals surface area contributed by atoms with Crippen molar-refractivity contribution >= 4 is 29.3 Å². The van der Waals surface area contributed by atoms with Crippen LogP contribution in [-0.4, -0.2) is 31.4 Å². The Hall–Kier alpha value is -3.16. The first-order chi connectivity index (χ1) is 15.1. The van der Waals surface area contributed by atoms with Gasteiger partial charge < -0.3 is 5.32 Å². The third-order valence-electron chi connectivity index (χ3n) is 4.52. The number of nitrogens with zero attached hydrogens (tertiary/aromatic N) is 4. The molecule has 0 aliphatic rings. The molecule has 156 valence electrons. The summed E-state index contributed by atoms with van der Waals surface area (Å²) in [5.74, 6) is 0.818. The van der Waals surface area contributed by atoms with Crippen molar-refractivity contribution in [1.82, 2.24) is 25.1 Å². The van der Waals surface area contributed by atoms with Crippen molar-refractivity contribution < 1.29 is 4.79 Å². The minimum atomic E-state index is -0.0949. The number of rotatable bonds is 7. The molecule has 0 radical (unpaired) electrons. The van der Waals surface area contributed by atoms with Crippen LogP contribution in [0.1, 0.15) is 11.3 Å². The molecule has 0 spiro atoms. The second kappa shape index (κ2) is 9.76. The highest BCUT2D eigenvalue weighted by Gasteiger charge is 2.17. The van der Waals surface area contributed by atoms with E-state index in [-0.39, 0.29) is 11.7 Å². The van der Waals surface area contributed by atoms with Gasteiger partial charge in [0.05, 0.1) is 18.0 Å². The maximum absolute atomic E-state index is 12.4. The molecular formula is C23H20ClN5OS. The molecule has 6 nitrogen and oxygen atoms in total. The monoisotopic (exact) mass is 449 g/mol. The molecule has 0 aliphatic carbocycles. The van der Waals surface area contributed by atoms with Gasteiger partial charge in [0.15, 0.2) is 11.0 Å². The van der Waals surface area contributed by atoms with E-state index in [1.807, 2.05) is 72.2 Å². The van der Waals surface area contributed by atoms with Gasteiger partial charge >= 0.3 is 0 Å². The van der Waals surface area contributed by atoms with Crippen LogP contribution >= 0.6 is 23.4 Å². The summed E-state index contributed by atoms with van der Waals surface area (Å²) < 4.78 is 1.97. The average Bonchev–Trinajstić information content (AvgIpc) is 3.21. The van der Waals surface area contributed by atoms with Crippen LogP contribution in [0.4, 0.5) is 0 Å². The van der Waals surface area contributed by atoms with Crippen molar-refractivity contribution in [2.75, 3.05) is 5.75 Å². The number of halogens is 1. The maximum atomic E-state index is 12.4. The number of carbonyl (C=O) groups is 1. The lowest BCUT2D eigenvalue weighted by molar-refractivity contribution is -0.118. The first kappa shape index (κ1) is 21.1. The summed E-state index contributed by atoms with van der Waals surface area (Å²) in [4.78, 5) is 16.6. The van der Waals surface area contributed by atoms with Crippen molar-refractivity contribution in [3.8, 4) is 17.1 Å². The van der Waals surface area contributed by atoms with Gasteiger partial charge in [0.1, 0.15) is 0 Å². The van der Waals surface area contributed by atoms with E-state index in [0.717, 1.165) is 22.5 Å².